The lowest BCUT2D eigenvalue weighted by Crippen LogP contribution is -2.54. The Labute approximate surface area is 84.8 Å². The number of rotatable bonds is 0. The summed E-state index contributed by atoms with van der Waals surface area (Å²) in [5, 5.41) is 0. The third-order valence-corrected chi connectivity index (χ3v) is 3.12. The van der Waals surface area contributed by atoms with Crippen molar-refractivity contribution in [2.24, 2.45) is 5.41 Å². The molecule has 3 heteroatoms. The number of hydrogen-bond donors (Lipinski definition) is 0. The summed E-state index contributed by atoms with van der Waals surface area (Å²) in [4.78, 5) is 0. The Morgan fingerprint density at radius 3 is 2.36 bits per heavy atom. The molecule has 1 spiro atoms. The minimum atomic E-state index is -0.938. The van der Waals surface area contributed by atoms with Gasteiger partial charge in [-0.3, -0.25) is 0 Å². The SMILES string of the molecule is CC1(C)COC2(CCCCC2F)OC1. The molecule has 0 N–H and O–H groups in total. The van der Waals surface area contributed by atoms with Gasteiger partial charge in [-0.15, -0.1) is 0 Å². The fourth-order valence-corrected chi connectivity index (χ4v) is 2.12. The van der Waals surface area contributed by atoms with Crippen molar-refractivity contribution in [3.8, 4) is 0 Å². The van der Waals surface area contributed by atoms with Crippen molar-refractivity contribution in [1.29, 1.82) is 0 Å². The van der Waals surface area contributed by atoms with Gasteiger partial charge in [0, 0.05) is 11.8 Å². The first-order chi connectivity index (χ1) is 6.54. The normalized spacial score (nSPS) is 35.8. The Hall–Kier alpha value is -0.150. The second kappa shape index (κ2) is 3.46. The summed E-state index contributed by atoms with van der Waals surface area (Å²) in [6.07, 6.45) is 2.33. The zero-order chi connectivity index (χ0) is 10.2. The molecule has 0 aromatic heterocycles. The highest BCUT2D eigenvalue weighted by molar-refractivity contribution is 4.88. The quantitative estimate of drug-likeness (QED) is 0.601. The second-order valence-electron chi connectivity index (χ2n) is 5.27. The standard InChI is InChI=1S/C11H19FO2/c1-10(2)7-13-11(14-8-10)6-4-3-5-9(11)12/h9H,3-8H2,1-2H3. The zero-order valence-corrected chi connectivity index (χ0v) is 9.01. The van der Waals surface area contributed by atoms with Gasteiger partial charge >= 0.3 is 0 Å². The maximum Gasteiger partial charge on any atom is 0.199 e. The number of ether oxygens (including phenoxy) is 2. The molecule has 2 fully saturated rings. The highest BCUT2D eigenvalue weighted by Crippen LogP contribution is 2.40. The summed E-state index contributed by atoms with van der Waals surface area (Å²) in [5.41, 5.74) is 0.0302. The van der Waals surface area contributed by atoms with Crippen LogP contribution in [0.5, 0.6) is 0 Å². The van der Waals surface area contributed by atoms with Crippen molar-refractivity contribution >= 4 is 0 Å². The van der Waals surface area contributed by atoms with Crippen molar-refractivity contribution in [3.05, 3.63) is 0 Å². The molecule has 0 radical (unpaired) electrons. The fraction of sp³-hybridized carbons (Fsp3) is 1.00. The van der Waals surface area contributed by atoms with Crippen LogP contribution in [0.25, 0.3) is 0 Å². The Bertz CT molecular complexity index is 205. The molecule has 14 heavy (non-hydrogen) atoms. The molecule has 1 atom stereocenters. The lowest BCUT2D eigenvalue weighted by Gasteiger charge is -2.46. The Balaban J connectivity index is 2.03. The van der Waals surface area contributed by atoms with Crippen LogP contribution < -0.4 is 0 Å². The molecule has 1 heterocycles. The molecule has 1 saturated heterocycles. The van der Waals surface area contributed by atoms with Crippen LogP contribution >= 0.6 is 0 Å². The maximum absolute atomic E-state index is 13.7. The van der Waals surface area contributed by atoms with E-state index in [1.165, 1.54) is 0 Å². The van der Waals surface area contributed by atoms with E-state index in [-0.39, 0.29) is 5.41 Å². The Kier molecular flexibility index (Phi) is 2.56. The summed E-state index contributed by atoms with van der Waals surface area (Å²) in [7, 11) is 0. The van der Waals surface area contributed by atoms with E-state index in [1.54, 1.807) is 0 Å². The van der Waals surface area contributed by atoms with Gasteiger partial charge in [0.1, 0.15) is 0 Å². The van der Waals surface area contributed by atoms with Crippen molar-refractivity contribution < 1.29 is 13.9 Å². The van der Waals surface area contributed by atoms with Crippen molar-refractivity contribution in [3.63, 3.8) is 0 Å². The highest BCUT2D eigenvalue weighted by atomic mass is 19.1. The van der Waals surface area contributed by atoms with Gasteiger partial charge < -0.3 is 9.47 Å². The number of hydrogen-bond acceptors (Lipinski definition) is 2. The van der Waals surface area contributed by atoms with E-state index in [0.29, 0.717) is 26.1 Å². The monoisotopic (exact) mass is 202 g/mol. The van der Waals surface area contributed by atoms with Gasteiger partial charge in [0.25, 0.3) is 0 Å². The molecule has 0 bridgehead atoms. The molecule has 82 valence electrons. The molecule has 1 unspecified atom stereocenters. The first-order valence-corrected chi connectivity index (χ1v) is 5.46. The largest absolute Gasteiger partial charge is 0.347 e. The molecule has 1 saturated carbocycles. The van der Waals surface area contributed by atoms with Crippen LogP contribution in [0.1, 0.15) is 39.5 Å². The average Bonchev–Trinajstić information content (AvgIpc) is 2.15. The van der Waals surface area contributed by atoms with E-state index >= 15 is 0 Å². The van der Waals surface area contributed by atoms with Crippen molar-refractivity contribution in [2.75, 3.05) is 13.2 Å². The summed E-state index contributed by atoms with van der Waals surface area (Å²) in [6, 6.07) is 0. The molecular weight excluding hydrogens is 183 g/mol. The van der Waals surface area contributed by atoms with E-state index in [1.807, 2.05) is 0 Å². The maximum atomic E-state index is 13.7. The predicted octanol–water partition coefficient (Wildman–Crippen LogP) is 2.67. The van der Waals surface area contributed by atoms with E-state index < -0.39 is 12.0 Å². The molecule has 0 aromatic carbocycles. The van der Waals surface area contributed by atoms with Crippen LogP contribution in [0.2, 0.25) is 0 Å². The molecule has 2 aliphatic rings. The highest BCUT2D eigenvalue weighted by Gasteiger charge is 2.48. The van der Waals surface area contributed by atoms with Gasteiger partial charge in [-0.25, -0.2) is 4.39 Å². The van der Waals surface area contributed by atoms with Gasteiger partial charge in [0.2, 0.25) is 0 Å². The number of halogens is 1. The molecule has 0 aromatic rings. The van der Waals surface area contributed by atoms with Crippen LogP contribution in [0, 0.1) is 5.41 Å². The molecular formula is C11H19FO2. The van der Waals surface area contributed by atoms with Gasteiger partial charge in [0.05, 0.1) is 13.2 Å². The van der Waals surface area contributed by atoms with Gasteiger partial charge in [0.15, 0.2) is 12.0 Å². The lowest BCUT2D eigenvalue weighted by molar-refractivity contribution is -0.332. The van der Waals surface area contributed by atoms with Crippen LogP contribution in [-0.2, 0) is 9.47 Å². The Morgan fingerprint density at radius 2 is 1.79 bits per heavy atom. The summed E-state index contributed by atoms with van der Waals surface area (Å²) in [5.74, 6) is -0.895. The minimum absolute atomic E-state index is 0.0302. The average molecular weight is 202 g/mol. The van der Waals surface area contributed by atoms with E-state index in [9.17, 15) is 4.39 Å². The fourth-order valence-electron chi connectivity index (χ4n) is 2.12. The summed E-state index contributed by atoms with van der Waals surface area (Å²) >= 11 is 0. The van der Waals surface area contributed by atoms with Crippen molar-refractivity contribution in [1.82, 2.24) is 0 Å². The first-order valence-electron chi connectivity index (χ1n) is 5.46. The smallest absolute Gasteiger partial charge is 0.199 e. The predicted molar refractivity (Wildman–Crippen MR) is 51.8 cm³/mol. The summed E-state index contributed by atoms with van der Waals surface area (Å²) < 4.78 is 25.0. The van der Waals surface area contributed by atoms with Crippen LogP contribution in [0.3, 0.4) is 0 Å². The molecule has 0 amide bonds. The second-order valence-corrected chi connectivity index (χ2v) is 5.27. The van der Waals surface area contributed by atoms with E-state index in [4.69, 9.17) is 9.47 Å². The topological polar surface area (TPSA) is 18.5 Å². The molecule has 1 aliphatic heterocycles. The first kappa shape index (κ1) is 10.4. The summed E-state index contributed by atoms with van der Waals surface area (Å²) in [6.45, 7) is 5.37. The molecule has 2 nitrogen and oxygen atoms in total. The van der Waals surface area contributed by atoms with Gasteiger partial charge in [-0.2, -0.15) is 0 Å². The van der Waals surface area contributed by atoms with Crippen LogP contribution in [-0.4, -0.2) is 25.2 Å². The Morgan fingerprint density at radius 1 is 1.14 bits per heavy atom. The van der Waals surface area contributed by atoms with Crippen molar-refractivity contribution in [2.45, 2.75) is 51.5 Å². The van der Waals surface area contributed by atoms with E-state index in [0.717, 1.165) is 12.8 Å². The molecule has 1 aliphatic carbocycles. The van der Waals surface area contributed by atoms with E-state index in [2.05, 4.69) is 13.8 Å². The third-order valence-electron chi connectivity index (χ3n) is 3.12. The van der Waals surface area contributed by atoms with Gasteiger partial charge in [-0.1, -0.05) is 20.3 Å². The van der Waals surface area contributed by atoms with Crippen LogP contribution in [0.4, 0.5) is 4.39 Å². The zero-order valence-electron chi connectivity index (χ0n) is 9.01. The van der Waals surface area contributed by atoms with Crippen LogP contribution in [0.15, 0.2) is 0 Å². The lowest BCUT2D eigenvalue weighted by atomic mass is 9.88. The van der Waals surface area contributed by atoms with Gasteiger partial charge in [-0.05, 0) is 12.8 Å². The number of alkyl halides is 1. The third kappa shape index (κ3) is 1.80. The minimum Gasteiger partial charge on any atom is -0.347 e. The molecule has 2 rings (SSSR count).